The van der Waals surface area contributed by atoms with Crippen LogP contribution in [0.2, 0.25) is 0 Å². The van der Waals surface area contributed by atoms with E-state index in [9.17, 15) is 19.5 Å². The zero-order valence-electron chi connectivity index (χ0n) is 12.5. The van der Waals surface area contributed by atoms with Gasteiger partial charge in [-0.25, -0.2) is 4.79 Å². The minimum Gasteiger partial charge on any atom is -0.550 e. The van der Waals surface area contributed by atoms with E-state index in [1.54, 1.807) is 6.07 Å². The summed E-state index contributed by atoms with van der Waals surface area (Å²) in [6.07, 6.45) is 2.57. The van der Waals surface area contributed by atoms with Crippen LogP contribution >= 0.6 is 11.3 Å². The number of methoxy groups -OCH3 is 1. The lowest BCUT2D eigenvalue weighted by atomic mass is 9.79. The molecule has 2 atom stereocenters. The summed E-state index contributed by atoms with van der Waals surface area (Å²) in [5.74, 6) is -3.47. The summed E-state index contributed by atoms with van der Waals surface area (Å²) >= 11 is 1.26. The predicted molar refractivity (Wildman–Crippen MR) is 79.5 cm³/mol. The molecule has 7 heteroatoms. The van der Waals surface area contributed by atoms with Gasteiger partial charge in [-0.2, -0.15) is 0 Å². The van der Waals surface area contributed by atoms with Crippen molar-refractivity contribution in [3.05, 3.63) is 16.5 Å². The number of carbonyl (C=O) groups excluding carboxylic acids is 3. The number of amides is 1. The Labute approximate surface area is 132 Å². The van der Waals surface area contributed by atoms with Crippen molar-refractivity contribution in [1.29, 1.82) is 0 Å². The number of esters is 1. The van der Waals surface area contributed by atoms with Crippen molar-refractivity contribution in [2.75, 3.05) is 12.4 Å². The fourth-order valence-corrected chi connectivity index (χ4v) is 3.70. The van der Waals surface area contributed by atoms with Gasteiger partial charge >= 0.3 is 5.97 Å². The van der Waals surface area contributed by atoms with Crippen molar-refractivity contribution in [2.45, 2.75) is 32.6 Å². The van der Waals surface area contributed by atoms with E-state index >= 15 is 0 Å². The molecule has 2 rings (SSSR count). The molecule has 6 nitrogen and oxygen atoms in total. The number of aryl methyl sites for hydroxylation is 1. The van der Waals surface area contributed by atoms with Gasteiger partial charge in [-0.05, 0) is 25.8 Å². The van der Waals surface area contributed by atoms with Gasteiger partial charge in [-0.3, -0.25) is 4.79 Å². The Kier molecular flexibility index (Phi) is 5.18. The molecule has 1 amide bonds. The Balaban J connectivity index is 2.17. The van der Waals surface area contributed by atoms with E-state index in [1.807, 2.05) is 6.92 Å². The second-order valence-electron chi connectivity index (χ2n) is 5.40. The first kappa shape index (κ1) is 16.5. The van der Waals surface area contributed by atoms with Crippen LogP contribution in [0.1, 0.15) is 40.9 Å². The predicted octanol–water partition coefficient (Wildman–Crippen LogP) is 1.34. The molecule has 1 aliphatic rings. The Morgan fingerprint density at radius 3 is 2.50 bits per heavy atom. The zero-order chi connectivity index (χ0) is 16.3. The average Bonchev–Trinajstić information content (AvgIpc) is 2.86. The third-order valence-corrected chi connectivity index (χ3v) is 4.87. The summed E-state index contributed by atoms with van der Waals surface area (Å²) in [6, 6.07) is 1.64. The highest BCUT2D eigenvalue weighted by atomic mass is 32.1. The number of carboxylic acids is 1. The number of ether oxygens (including phenoxy) is 1. The minimum atomic E-state index is -1.18. The highest BCUT2D eigenvalue weighted by Crippen LogP contribution is 2.33. The van der Waals surface area contributed by atoms with Gasteiger partial charge in [0.15, 0.2) is 0 Å². The van der Waals surface area contributed by atoms with Crippen LogP contribution in [0.5, 0.6) is 0 Å². The van der Waals surface area contributed by atoms with Crippen LogP contribution in [0, 0.1) is 18.8 Å². The first-order valence-corrected chi connectivity index (χ1v) is 7.96. The van der Waals surface area contributed by atoms with Gasteiger partial charge < -0.3 is 20.0 Å². The molecule has 0 aromatic carbocycles. The van der Waals surface area contributed by atoms with E-state index in [-0.39, 0.29) is 5.91 Å². The molecule has 0 radical (unpaired) electrons. The smallest absolute Gasteiger partial charge is 0.340 e. The molecule has 0 saturated heterocycles. The normalized spacial score (nSPS) is 21.2. The number of anilines is 1. The molecule has 1 aromatic heterocycles. The lowest BCUT2D eigenvalue weighted by Crippen LogP contribution is -2.42. The zero-order valence-corrected chi connectivity index (χ0v) is 13.3. The van der Waals surface area contributed by atoms with E-state index in [0.717, 1.165) is 17.7 Å². The van der Waals surface area contributed by atoms with Crippen LogP contribution in [0.15, 0.2) is 6.07 Å². The largest absolute Gasteiger partial charge is 0.550 e. The van der Waals surface area contributed by atoms with Gasteiger partial charge in [0.25, 0.3) is 0 Å². The third-order valence-electron chi connectivity index (χ3n) is 3.90. The van der Waals surface area contributed by atoms with Crippen LogP contribution in [0.3, 0.4) is 0 Å². The highest BCUT2D eigenvalue weighted by Gasteiger charge is 2.32. The second-order valence-corrected chi connectivity index (χ2v) is 6.65. The van der Waals surface area contributed by atoms with Gasteiger partial charge in [-0.1, -0.05) is 12.8 Å². The van der Waals surface area contributed by atoms with E-state index in [0.29, 0.717) is 23.4 Å². The fourth-order valence-electron chi connectivity index (χ4n) is 2.80. The van der Waals surface area contributed by atoms with Gasteiger partial charge in [-0.15, -0.1) is 11.3 Å². The molecule has 1 saturated carbocycles. The van der Waals surface area contributed by atoms with E-state index in [4.69, 9.17) is 0 Å². The molecule has 22 heavy (non-hydrogen) atoms. The van der Waals surface area contributed by atoms with Crippen LogP contribution in [-0.4, -0.2) is 25.0 Å². The molecule has 0 aliphatic heterocycles. The molecular formula is C15H18NO5S-. The summed E-state index contributed by atoms with van der Waals surface area (Å²) in [5.41, 5.74) is 0.291. The van der Waals surface area contributed by atoms with Crippen molar-refractivity contribution < 1.29 is 24.2 Å². The summed E-state index contributed by atoms with van der Waals surface area (Å²) in [5, 5.41) is 14.3. The Morgan fingerprint density at radius 1 is 1.27 bits per heavy atom. The van der Waals surface area contributed by atoms with Gasteiger partial charge in [0, 0.05) is 22.7 Å². The number of thiophene rings is 1. The van der Waals surface area contributed by atoms with Crippen LogP contribution in [0.25, 0.3) is 0 Å². The van der Waals surface area contributed by atoms with Crippen LogP contribution < -0.4 is 10.4 Å². The summed E-state index contributed by atoms with van der Waals surface area (Å²) < 4.78 is 4.69. The number of hydrogen-bond donors (Lipinski definition) is 1. The standard InChI is InChI=1S/C15H19NO5S/c1-8-7-11(15(20)21-2)13(22-8)16-12(17)9-5-3-4-6-10(9)14(18)19/h7,9-10H,3-6H2,1-2H3,(H,16,17)(H,18,19)/p-1/t9-,10-/m0/s1. The number of hydrogen-bond acceptors (Lipinski definition) is 6. The molecule has 1 aromatic rings. The first-order chi connectivity index (χ1) is 10.4. The molecule has 1 heterocycles. The number of nitrogens with one attached hydrogen (secondary N) is 1. The molecule has 1 fully saturated rings. The number of rotatable bonds is 4. The van der Waals surface area contributed by atoms with Crippen LogP contribution in [0.4, 0.5) is 5.00 Å². The second kappa shape index (κ2) is 6.91. The highest BCUT2D eigenvalue weighted by molar-refractivity contribution is 7.16. The maximum absolute atomic E-state index is 12.4. The van der Waals surface area contributed by atoms with Crippen molar-refractivity contribution >= 4 is 34.2 Å². The van der Waals surface area contributed by atoms with Gasteiger partial charge in [0.2, 0.25) is 5.91 Å². The van der Waals surface area contributed by atoms with Gasteiger partial charge in [0.05, 0.1) is 12.7 Å². The van der Waals surface area contributed by atoms with Crippen molar-refractivity contribution in [1.82, 2.24) is 0 Å². The summed E-state index contributed by atoms with van der Waals surface area (Å²) in [7, 11) is 1.27. The van der Waals surface area contributed by atoms with Crippen molar-refractivity contribution in [2.24, 2.45) is 11.8 Å². The number of aliphatic carboxylic acids is 1. The summed E-state index contributed by atoms with van der Waals surface area (Å²) in [6.45, 7) is 1.82. The summed E-state index contributed by atoms with van der Waals surface area (Å²) in [4.78, 5) is 36.2. The SMILES string of the molecule is COC(=O)c1cc(C)sc1NC(=O)[C@H]1CCCC[C@@H]1C(=O)[O-]. The van der Waals surface area contributed by atoms with Crippen molar-refractivity contribution in [3.8, 4) is 0 Å². The van der Waals surface area contributed by atoms with Crippen LogP contribution in [-0.2, 0) is 14.3 Å². The Bertz CT molecular complexity index is 595. The fraction of sp³-hybridized carbons (Fsp3) is 0.533. The molecule has 1 N–H and O–H groups in total. The van der Waals surface area contributed by atoms with Crippen molar-refractivity contribution in [3.63, 3.8) is 0 Å². The van der Waals surface area contributed by atoms with E-state index < -0.39 is 23.8 Å². The average molecular weight is 324 g/mol. The first-order valence-electron chi connectivity index (χ1n) is 7.14. The number of carboxylic acid groups (broad SMARTS) is 1. The molecule has 0 spiro atoms. The van der Waals surface area contributed by atoms with E-state index in [1.165, 1.54) is 18.4 Å². The Morgan fingerprint density at radius 2 is 1.91 bits per heavy atom. The third kappa shape index (κ3) is 3.47. The monoisotopic (exact) mass is 324 g/mol. The maximum atomic E-state index is 12.4. The van der Waals surface area contributed by atoms with E-state index in [2.05, 4.69) is 10.1 Å². The minimum absolute atomic E-state index is 0.291. The lowest BCUT2D eigenvalue weighted by Gasteiger charge is -2.31. The molecule has 0 unspecified atom stereocenters. The van der Waals surface area contributed by atoms with Gasteiger partial charge in [0.1, 0.15) is 5.00 Å². The number of carbonyl (C=O) groups is 3. The molecule has 120 valence electrons. The maximum Gasteiger partial charge on any atom is 0.340 e. The lowest BCUT2D eigenvalue weighted by molar-refractivity contribution is -0.313. The molecule has 1 aliphatic carbocycles. The molecule has 0 bridgehead atoms. The molecular weight excluding hydrogens is 306 g/mol. The topological polar surface area (TPSA) is 95.5 Å². The quantitative estimate of drug-likeness (QED) is 0.843. The Hall–Kier alpha value is -1.89.